The average Bonchev–Trinajstić information content (AvgIpc) is 3.31. The summed E-state index contributed by atoms with van der Waals surface area (Å²) in [6.45, 7) is 9.69. The van der Waals surface area contributed by atoms with E-state index in [9.17, 15) is 25.2 Å². The molecule has 0 spiro atoms. The van der Waals surface area contributed by atoms with Crippen LogP contribution in [-0.4, -0.2) is 67.1 Å². The molecule has 0 radical (unpaired) electrons. The molecule has 6 rings (SSSR count). The van der Waals surface area contributed by atoms with E-state index in [1.54, 1.807) is 12.2 Å². The van der Waals surface area contributed by atoms with Crippen LogP contribution in [0.4, 0.5) is 0 Å². The minimum absolute atomic E-state index is 0.0112. The predicted octanol–water partition coefficient (Wildman–Crippen LogP) is 2.40. The number of epoxide rings is 1. The molecule has 0 aromatic carbocycles. The Morgan fingerprint density at radius 3 is 2.46 bits per heavy atom. The van der Waals surface area contributed by atoms with Gasteiger partial charge in [-0.15, -0.1) is 0 Å². The van der Waals surface area contributed by atoms with Crippen molar-refractivity contribution in [1.82, 2.24) is 0 Å². The molecule has 12 atom stereocenters. The summed E-state index contributed by atoms with van der Waals surface area (Å²) in [4.78, 5) is 13.2. The van der Waals surface area contributed by atoms with Gasteiger partial charge in [0.1, 0.15) is 11.2 Å². The molecule has 0 amide bonds. The molecule has 0 aromatic heterocycles. The van der Waals surface area contributed by atoms with Crippen LogP contribution in [0.25, 0.3) is 0 Å². The van der Waals surface area contributed by atoms with E-state index in [1.807, 2.05) is 40.7 Å². The van der Waals surface area contributed by atoms with E-state index in [2.05, 4.69) is 0 Å². The van der Waals surface area contributed by atoms with Gasteiger partial charge >= 0.3 is 0 Å². The van der Waals surface area contributed by atoms with E-state index in [0.717, 1.165) is 5.57 Å². The third-order valence-electron chi connectivity index (χ3n) is 12.2. The summed E-state index contributed by atoms with van der Waals surface area (Å²) in [7, 11) is 0. The topological polar surface area (TPSA) is 120 Å². The minimum Gasteiger partial charge on any atom is -0.389 e. The molecule has 194 valence electrons. The molecule has 4 N–H and O–H groups in total. The van der Waals surface area contributed by atoms with E-state index in [0.29, 0.717) is 38.5 Å². The highest BCUT2D eigenvalue weighted by molar-refractivity contribution is 5.99. The van der Waals surface area contributed by atoms with Gasteiger partial charge in [-0.05, 0) is 76.4 Å². The lowest BCUT2D eigenvalue weighted by Gasteiger charge is -2.63. The highest BCUT2D eigenvalue weighted by Crippen LogP contribution is 2.70. The predicted molar refractivity (Wildman–Crippen MR) is 127 cm³/mol. The molecule has 4 aliphatic carbocycles. The first-order valence-corrected chi connectivity index (χ1v) is 13.3. The van der Waals surface area contributed by atoms with Crippen LogP contribution in [0.5, 0.6) is 0 Å². The van der Waals surface area contributed by atoms with Crippen LogP contribution < -0.4 is 0 Å². The Labute approximate surface area is 207 Å². The van der Waals surface area contributed by atoms with Gasteiger partial charge in [0.15, 0.2) is 12.1 Å². The van der Waals surface area contributed by atoms with E-state index in [4.69, 9.17) is 9.47 Å². The average molecular weight is 489 g/mol. The van der Waals surface area contributed by atoms with Crippen molar-refractivity contribution < 1.29 is 34.7 Å². The van der Waals surface area contributed by atoms with Crippen molar-refractivity contribution >= 4 is 5.78 Å². The molecule has 2 saturated heterocycles. The molecule has 6 aliphatic rings. The number of fused-ring (bicyclic) bond motifs is 6. The zero-order valence-corrected chi connectivity index (χ0v) is 21.5. The molecule has 35 heavy (non-hydrogen) atoms. The second-order valence-corrected chi connectivity index (χ2v) is 13.2. The zero-order chi connectivity index (χ0) is 25.4. The van der Waals surface area contributed by atoms with Gasteiger partial charge in [-0.3, -0.25) is 4.79 Å². The summed E-state index contributed by atoms with van der Waals surface area (Å²) >= 11 is 0. The fourth-order valence-corrected chi connectivity index (χ4v) is 9.37. The first kappa shape index (κ1) is 24.3. The Morgan fingerprint density at radius 1 is 1.06 bits per heavy atom. The molecule has 3 saturated carbocycles. The molecular formula is C28H40O7. The summed E-state index contributed by atoms with van der Waals surface area (Å²) in [6.07, 6.45) is 5.90. The van der Waals surface area contributed by atoms with Crippen LogP contribution in [0.1, 0.15) is 73.1 Å². The quantitative estimate of drug-likeness (QED) is 0.441. The summed E-state index contributed by atoms with van der Waals surface area (Å²) < 4.78 is 11.9. The van der Waals surface area contributed by atoms with E-state index >= 15 is 0 Å². The number of aliphatic hydroxyl groups is 4. The zero-order valence-electron chi connectivity index (χ0n) is 21.5. The third-order valence-corrected chi connectivity index (χ3v) is 12.2. The van der Waals surface area contributed by atoms with Gasteiger partial charge in [0.05, 0.1) is 28.8 Å². The fraction of sp³-hybridized carbons (Fsp3) is 0.821. The van der Waals surface area contributed by atoms with Gasteiger partial charge in [0.25, 0.3) is 0 Å². The van der Waals surface area contributed by atoms with Crippen molar-refractivity contribution in [2.75, 3.05) is 0 Å². The Balaban J connectivity index is 1.34. The molecule has 5 fully saturated rings. The number of ether oxygens (including phenoxy) is 2. The number of carbonyl (C=O) groups excluding carboxylic acids is 1. The second-order valence-electron chi connectivity index (χ2n) is 13.2. The lowest BCUT2D eigenvalue weighted by molar-refractivity contribution is -0.258. The number of carbonyl (C=O) groups is 1. The van der Waals surface area contributed by atoms with Gasteiger partial charge in [0, 0.05) is 17.8 Å². The number of aliphatic hydroxyl groups excluding tert-OH is 2. The monoisotopic (exact) mass is 488 g/mol. The highest BCUT2D eigenvalue weighted by Gasteiger charge is 2.76. The second kappa shape index (κ2) is 6.86. The van der Waals surface area contributed by atoms with Crippen molar-refractivity contribution in [1.29, 1.82) is 0 Å². The summed E-state index contributed by atoms with van der Waals surface area (Å²) in [5, 5.41) is 46.5. The Morgan fingerprint density at radius 2 is 1.77 bits per heavy atom. The molecule has 0 bridgehead atoms. The fourth-order valence-electron chi connectivity index (χ4n) is 9.37. The van der Waals surface area contributed by atoms with Crippen LogP contribution in [0.2, 0.25) is 0 Å². The van der Waals surface area contributed by atoms with Gasteiger partial charge < -0.3 is 29.9 Å². The smallest absolute Gasteiger partial charge is 0.186 e. The molecule has 7 heteroatoms. The van der Waals surface area contributed by atoms with Crippen LogP contribution >= 0.6 is 0 Å². The van der Waals surface area contributed by atoms with Gasteiger partial charge in [-0.2, -0.15) is 0 Å². The lowest BCUT2D eigenvalue weighted by atomic mass is 9.44. The number of ketones is 1. The van der Waals surface area contributed by atoms with E-state index in [-0.39, 0.29) is 23.5 Å². The highest BCUT2D eigenvalue weighted by atomic mass is 16.7. The van der Waals surface area contributed by atoms with Crippen molar-refractivity contribution in [2.45, 2.75) is 114 Å². The molecule has 12 unspecified atom stereocenters. The summed E-state index contributed by atoms with van der Waals surface area (Å²) in [5.74, 6) is -0.766. The minimum atomic E-state index is -1.23. The van der Waals surface area contributed by atoms with Gasteiger partial charge in [-0.1, -0.05) is 26.0 Å². The number of hydrogen-bond donors (Lipinski definition) is 4. The van der Waals surface area contributed by atoms with E-state index in [1.165, 1.54) is 0 Å². The lowest BCUT2D eigenvalue weighted by Crippen LogP contribution is -2.68. The van der Waals surface area contributed by atoms with Crippen molar-refractivity contribution in [3.8, 4) is 0 Å². The Bertz CT molecular complexity index is 1040. The Hall–Kier alpha value is -1.09. The van der Waals surface area contributed by atoms with E-state index < -0.39 is 51.7 Å². The summed E-state index contributed by atoms with van der Waals surface area (Å²) in [6, 6.07) is 0. The van der Waals surface area contributed by atoms with Gasteiger partial charge in [0.2, 0.25) is 0 Å². The Kier molecular flexibility index (Phi) is 4.75. The normalized spacial score (nSPS) is 59.6. The first-order valence-electron chi connectivity index (χ1n) is 13.3. The third kappa shape index (κ3) is 2.60. The van der Waals surface area contributed by atoms with Crippen LogP contribution in [0.3, 0.4) is 0 Å². The largest absolute Gasteiger partial charge is 0.389 e. The standard InChI is InChI=1S/C28H40O7/c1-15(20-14-24(3)26(5,35-24)22(31)34-20)27(32)11-12-28(33)18-13-19(29)17-7-6-8-21(30)25(17,4)16(18)9-10-23(27,28)2/h6-8,15-16,18-20,22,29,31-33H,9-14H2,1-5H3. The maximum absolute atomic E-state index is 13.2. The number of allylic oxidation sites excluding steroid dienone is 3. The number of rotatable bonds is 2. The molecule has 0 aromatic rings. The first-order chi connectivity index (χ1) is 16.2. The SMILES string of the molecule is CC(C1CC2(C)OC2(C)C(O)O1)C1(O)CCC2(O)C3CC(O)C4=CC=CC(=O)C4(C)C3CCC12C. The summed E-state index contributed by atoms with van der Waals surface area (Å²) in [5.41, 5.74) is -4.58. The van der Waals surface area contributed by atoms with Gasteiger partial charge in [-0.25, -0.2) is 0 Å². The molecular weight excluding hydrogens is 448 g/mol. The molecule has 2 aliphatic heterocycles. The maximum atomic E-state index is 13.2. The van der Waals surface area contributed by atoms with Crippen LogP contribution in [0.15, 0.2) is 23.8 Å². The van der Waals surface area contributed by atoms with Crippen LogP contribution in [0, 0.1) is 28.6 Å². The maximum Gasteiger partial charge on any atom is 0.186 e. The van der Waals surface area contributed by atoms with Crippen molar-refractivity contribution in [2.24, 2.45) is 28.6 Å². The van der Waals surface area contributed by atoms with Crippen molar-refractivity contribution in [3.63, 3.8) is 0 Å². The van der Waals surface area contributed by atoms with Crippen LogP contribution in [-0.2, 0) is 14.3 Å². The number of hydrogen-bond acceptors (Lipinski definition) is 7. The van der Waals surface area contributed by atoms with Crippen molar-refractivity contribution in [3.05, 3.63) is 23.8 Å². The molecule has 2 heterocycles. The molecule has 7 nitrogen and oxygen atoms in total.